The number of ether oxygens (including phenoxy) is 1. The average Bonchev–Trinajstić information content (AvgIpc) is 2.93. The number of thiophene rings is 1. The Morgan fingerprint density at radius 2 is 2.00 bits per heavy atom. The second kappa shape index (κ2) is 7.81. The maximum atomic E-state index is 10.6. The zero-order chi connectivity index (χ0) is 15.1. The Labute approximate surface area is 128 Å². The zero-order valence-electron chi connectivity index (χ0n) is 12.0. The smallest absolute Gasteiger partial charge is 0.307 e. The third-order valence-corrected chi connectivity index (χ3v) is 3.79. The van der Waals surface area contributed by atoms with Crippen LogP contribution in [0.15, 0.2) is 41.1 Å². The van der Waals surface area contributed by atoms with Gasteiger partial charge < -0.3 is 9.84 Å². The molecule has 0 radical (unpaired) electrons. The summed E-state index contributed by atoms with van der Waals surface area (Å²) in [5.74, 6) is -0.0493. The predicted octanol–water partition coefficient (Wildman–Crippen LogP) is 2.89. The van der Waals surface area contributed by atoms with Crippen molar-refractivity contribution in [3.63, 3.8) is 0 Å². The molecule has 0 aliphatic heterocycles. The summed E-state index contributed by atoms with van der Waals surface area (Å²) in [5, 5.41) is 12.9. The number of carbonyl (C=O) groups is 1. The van der Waals surface area contributed by atoms with Gasteiger partial charge in [-0.3, -0.25) is 9.69 Å². The summed E-state index contributed by atoms with van der Waals surface area (Å²) < 4.78 is 5.67. The first kappa shape index (κ1) is 15.5. The molecule has 0 bridgehead atoms. The molecule has 1 aromatic carbocycles. The van der Waals surface area contributed by atoms with E-state index >= 15 is 0 Å². The zero-order valence-corrected chi connectivity index (χ0v) is 12.8. The summed E-state index contributed by atoms with van der Waals surface area (Å²) in [6.45, 7) is 2.37. The van der Waals surface area contributed by atoms with Crippen molar-refractivity contribution < 1.29 is 14.6 Å². The van der Waals surface area contributed by atoms with E-state index in [1.54, 1.807) is 23.5 Å². The molecule has 1 N–H and O–H groups in total. The molecule has 2 rings (SSSR count). The molecule has 0 fully saturated rings. The van der Waals surface area contributed by atoms with Gasteiger partial charge in [0.25, 0.3) is 0 Å². The van der Waals surface area contributed by atoms with Crippen molar-refractivity contribution in [1.29, 1.82) is 0 Å². The van der Waals surface area contributed by atoms with E-state index in [1.807, 2.05) is 12.1 Å². The van der Waals surface area contributed by atoms with Gasteiger partial charge in [0.15, 0.2) is 0 Å². The minimum absolute atomic E-state index is 0.0453. The third kappa shape index (κ3) is 5.57. The Morgan fingerprint density at radius 3 is 2.62 bits per heavy atom. The third-order valence-electron chi connectivity index (χ3n) is 3.05. The van der Waals surface area contributed by atoms with Crippen LogP contribution in [0.25, 0.3) is 0 Å². The highest BCUT2D eigenvalue weighted by atomic mass is 32.1. The van der Waals surface area contributed by atoms with E-state index < -0.39 is 5.97 Å². The Hall–Kier alpha value is -1.85. The van der Waals surface area contributed by atoms with Crippen molar-refractivity contribution in [2.24, 2.45) is 0 Å². The molecular weight excluding hydrogens is 286 g/mol. The van der Waals surface area contributed by atoms with Crippen molar-refractivity contribution in [3.8, 4) is 5.75 Å². The van der Waals surface area contributed by atoms with Crippen molar-refractivity contribution in [2.45, 2.75) is 13.0 Å². The van der Waals surface area contributed by atoms with E-state index in [2.05, 4.69) is 28.8 Å². The molecule has 1 aromatic heterocycles. The van der Waals surface area contributed by atoms with Gasteiger partial charge in [0.05, 0.1) is 6.42 Å². The summed E-state index contributed by atoms with van der Waals surface area (Å²) in [6.07, 6.45) is 0.0453. The number of rotatable bonds is 8. The van der Waals surface area contributed by atoms with Crippen LogP contribution >= 0.6 is 11.3 Å². The van der Waals surface area contributed by atoms with E-state index in [-0.39, 0.29) is 6.42 Å². The molecule has 21 heavy (non-hydrogen) atoms. The molecular formula is C16H19NO3S. The molecule has 0 saturated heterocycles. The van der Waals surface area contributed by atoms with Crippen molar-refractivity contribution >= 4 is 17.3 Å². The second-order valence-electron chi connectivity index (χ2n) is 4.93. The second-order valence-corrected chi connectivity index (χ2v) is 5.71. The molecule has 0 aliphatic carbocycles. The lowest BCUT2D eigenvalue weighted by Crippen LogP contribution is -2.23. The molecule has 112 valence electrons. The number of hydrogen-bond donors (Lipinski definition) is 1. The van der Waals surface area contributed by atoms with E-state index in [1.165, 1.54) is 5.56 Å². The lowest BCUT2D eigenvalue weighted by Gasteiger charge is -2.16. The fraction of sp³-hybridized carbons (Fsp3) is 0.312. The van der Waals surface area contributed by atoms with Crippen molar-refractivity contribution in [2.75, 3.05) is 20.2 Å². The summed E-state index contributed by atoms with van der Waals surface area (Å²) >= 11 is 1.71. The minimum Gasteiger partial charge on any atom is -0.492 e. The molecule has 4 nitrogen and oxygen atoms in total. The number of nitrogens with zero attached hydrogens (tertiary/aromatic N) is 1. The molecule has 0 amide bonds. The summed E-state index contributed by atoms with van der Waals surface area (Å²) in [6, 6.07) is 9.34. The Bertz CT molecular complexity index is 551. The largest absolute Gasteiger partial charge is 0.492 e. The van der Waals surface area contributed by atoms with Crippen LogP contribution in [-0.2, 0) is 17.8 Å². The monoisotopic (exact) mass is 305 g/mol. The fourth-order valence-corrected chi connectivity index (χ4v) is 2.63. The standard InChI is InChI=1S/C16H19NO3S/c1-17(11-14-6-9-21-12-14)7-8-20-15-4-2-13(3-5-15)10-16(18)19/h2-6,9,12H,7-8,10-11H2,1H3,(H,18,19). The lowest BCUT2D eigenvalue weighted by molar-refractivity contribution is -0.136. The van der Waals surface area contributed by atoms with Gasteiger partial charge in [-0.25, -0.2) is 0 Å². The van der Waals surface area contributed by atoms with Gasteiger partial charge >= 0.3 is 5.97 Å². The number of aliphatic carboxylic acids is 1. The van der Waals surface area contributed by atoms with Gasteiger partial charge in [0.2, 0.25) is 0 Å². The molecule has 2 aromatic rings. The molecule has 5 heteroatoms. The molecule has 0 saturated carbocycles. The maximum absolute atomic E-state index is 10.6. The van der Waals surface area contributed by atoms with E-state index in [0.29, 0.717) is 6.61 Å². The average molecular weight is 305 g/mol. The first-order valence-electron chi connectivity index (χ1n) is 6.76. The van der Waals surface area contributed by atoms with E-state index in [0.717, 1.165) is 24.4 Å². The highest BCUT2D eigenvalue weighted by molar-refractivity contribution is 7.07. The van der Waals surface area contributed by atoms with Crippen LogP contribution in [0.3, 0.4) is 0 Å². The number of benzene rings is 1. The van der Waals surface area contributed by atoms with Crippen LogP contribution < -0.4 is 4.74 Å². The molecule has 0 atom stereocenters. The molecule has 0 spiro atoms. The van der Waals surface area contributed by atoms with Gasteiger partial charge in [0.1, 0.15) is 12.4 Å². The SMILES string of the molecule is CN(CCOc1ccc(CC(=O)O)cc1)Cc1ccsc1. The van der Waals surface area contributed by atoms with Gasteiger partial charge in [0, 0.05) is 13.1 Å². The fourth-order valence-electron chi connectivity index (χ4n) is 1.97. The first-order valence-corrected chi connectivity index (χ1v) is 7.71. The van der Waals surface area contributed by atoms with Gasteiger partial charge in [-0.2, -0.15) is 11.3 Å². The van der Waals surface area contributed by atoms with E-state index in [4.69, 9.17) is 9.84 Å². The minimum atomic E-state index is -0.821. The normalized spacial score (nSPS) is 10.8. The van der Waals surface area contributed by atoms with Crippen LogP contribution in [0.1, 0.15) is 11.1 Å². The van der Waals surface area contributed by atoms with Crippen LogP contribution in [0.2, 0.25) is 0 Å². The molecule has 0 unspecified atom stereocenters. The molecule has 0 aliphatic rings. The number of likely N-dealkylation sites (N-methyl/N-ethyl adjacent to an activating group) is 1. The highest BCUT2D eigenvalue weighted by Crippen LogP contribution is 2.13. The first-order chi connectivity index (χ1) is 10.1. The van der Waals surface area contributed by atoms with Crippen LogP contribution in [0, 0.1) is 0 Å². The van der Waals surface area contributed by atoms with Crippen LogP contribution in [0.5, 0.6) is 5.75 Å². The van der Waals surface area contributed by atoms with Gasteiger partial charge in [-0.05, 0) is 47.1 Å². The number of carboxylic acid groups (broad SMARTS) is 1. The van der Waals surface area contributed by atoms with Gasteiger partial charge in [-0.15, -0.1) is 0 Å². The summed E-state index contributed by atoms with van der Waals surface area (Å²) in [7, 11) is 2.07. The van der Waals surface area contributed by atoms with Crippen LogP contribution in [-0.4, -0.2) is 36.2 Å². The number of hydrogen-bond acceptors (Lipinski definition) is 4. The summed E-state index contributed by atoms with van der Waals surface area (Å²) in [4.78, 5) is 12.8. The predicted molar refractivity (Wildman–Crippen MR) is 83.9 cm³/mol. The Kier molecular flexibility index (Phi) is 5.78. The Morgan fingerprint density at radius 1 is 1.24 bits per heavy atom. The lowest BCUT2D eigenvalue weighted by atomic mass is 10.1. The Balaban J connectivity index is 1.71. The van der Waals surface area contributed by atoms with E-state index in [9.17, 15) is 4.79 Å². The molecule has 1 heterocycles. The van der Waals surface area contributed by atoms with Crippen molar-refractivity contribution in [3.05, 3.63) is 52.2 Å². The topological polar surface area (TPSA) is 49.8 Å². The quantitative estimate of drug-likeness (QED) is 0.815. The maximum Gasteiger partial charge on any atom is 0.307 e. The van der Waals surface area contributed by atoms with Gasteiger partial charge in [-0.1, -0.05) is 12.1 Å². The number of carboxylic acids is 1. The summed E-state index contributed by atoms with van der Waals surface area (Å²) in [5.41, 5.74) is 2.10. The van der Waals surface area contributed by atoms with Crippen LogP contribution in [0.4, 0.5) is 0 Å². The highest BCUT2D eigenvalue weighted by Gasteiger charge is 2.03. The van der Waals surface area contributed by atoms with Crippen molar-refractivity contribution in [1.82, 2.24) is 4.90 Å².